The Kier molecular flexibility index (Phi) is 3.76. The van der Waals surface area contributed by atoms with Gasteiger partial charge in [-0.25, -0.2) is 4.39 Å². The fraction of sp³-hybridized carbons (Fsp3) is 0.200. The van der Waals surface area contributed by atoms with E-state index in [1.54, 1.807) is 6.07 Å². The van der Waals surface area contributed by atoms with Crippen LogP contribution in [0.2, 0.25) is 0 Å². The number of rotatable bonds is 4. The fourth-order valence-corrected chi connectivity index (χ4v) is 1.72. The van der Waals surface area contributed by atoms with Crippen molar-refractivity contribution < 1.29 is 9.13 Å². The minimum atomic E-state index is -0.227. The van der Waals surface area contributed by atoms with E-state index in [-0.39, 0.29) is 5.82 Å². The van der Waals surface area contributed by atoms with Gasteiger partial charge in [0.05, 0.1) is 0 Å². The second-order valence-electron chi connectivity index (χ2n) is 3.88. The van der Waals surface area contributed by atoms with Crippen molar-refractivity contribution in [3.8, 4) is 5.75 Å². The first kappa shape index (κ1) is 11.6. The van der Waals surface area contributed by atoms with Crippen LogP contribution in [-0.4, -0.2) is 0 Å². The SMILES string of the molecule is CCc1ccccc1OCc1cccc(F)c1. The molecule has 0 heterocycles. The third kappa shape index (κ3) is 3.06. The minimum absolute atomic E-state index is 0.227. The molecule has 2 aromatic rings. The van der Waals surface area contributed by atoms with Crippen LogP contribution in [0, 0.1) is 5.82 Å². The van der Waals surface area contributed by atoms with Crippen molar-refractivity contribution in [1.82, 2.24) is 0 Å². The van der Waals surface area contributed by atoms with Gasteiger partial charge in [0.15, 0.2) is 0 Å². The van der Waals surface area contributed by atoms with Crippen molar-refractivity contribution in [3.63, 3.8) is 0 Å². The zero-order valence-corrected chi connectivity index (χ0v) is 9.82. The van der Waals surface area contributed by atoms with Gasteiger partial charge in [0.2, 0.25) is 0 Å². The molecule has 88 valence electrons. The molecule has 2 rings (SSSR count). The summed E-state index contributed by atoms with van der Waals surface area (Å²) in [6.45, 7) is 2.49. The Morgan fingerprint density at radius 3 is 2.65 bits per heavy atom. The Bertz CT molecular complexity index is 494. The van der Waals surface area contributed by atoms with Gasteiger partial charge in [-0.05, 0) is 35.7 Å². The van der Waals surface area contributed by atoms with E-state index in [1.165, 1.54) is 17.7 Å². The van der Waals surface area contributed by atoms with Gasteiger partial charge in [-0.2, -0.15) is 0 Å². The van der Waals surface area contributed by atoms with Crippen molar-refractivity contribution in [2.75, 3.05) is 0 Å². The molecule has 0 aromatic heterocycles. The topological polar surface area (TPSA) is 9.23 Å². The van der Waals surface area contributed by atoms with Crippen molar-refractivity contribution in [3.05, 3.63) is 65.5 Å². The number of benzene rings is 2. The number of hydrogen-bond acceptors (Lipinski definition) is 1. The predicted octanol–water partition coefficient (Wildman–Crippen LogP) is 3.97. The quantitative estimate of drug-likeness (QED) is 0.772. The summed E-state index contributed by atoms with van der Waals surface area (Å²) in [6.07, 6.45) is 0.930. The summed E-state index contributed by atoms with van der Waals surface area (Å²) in [5, 5.41) is 0. The Morgan fingerprint density at radius 2 is 1.88 bits per heavy atom. The van der Waals surface area contributed by atoms with Crippen LogP contribution in [-0.2, 0) is 13.0 Å². The van der Waals surface area contributed by atoms with Crippen molar-refractivity contribution in [2.24, 2.45) is 0 Å². The van der Waals surface area contributed by atoms with Crippen LogP contribution >= 0.6 is 0 Å². The lowest BCUT2D eigenvalue weighted by atomic mass is 10.1. The van der Waals surface area contributed by atoms with Crippen molar-refractivity contribution in [1.29, 1.82) is 0 Å². The zero-order chi connectivity index (χ0) is 12.1. The van der Waals surface area contributed by atoms with E-state index in [2.05, 4.69) is 6.92 Å². The highest BCUT2D eigenvalue weighted by Crippen LogP contribution is 2.19. The molecule has 0 bridgehead atoms. The third-order valence-electron chi connectivity index (χ3n) is 2.64. The van der Waals surface area contributed by atoms with Gasteiger partial charge >= 0.3 is 0 Å². The average Bonchev–Trinajstić information content (AvgIpc) is 2.37. The second kappa shape index (κ2) is 5.48. The number of ether oxygens (including phenoxy) is 1. The molecule has 0 spiro atoms. The first-order valence-electron chi connectivity index (χ1n) is 5.74. The van der Waals surface area contributed by atoms with Crippen molar-refractivity contribution >= 4 is 0 Å². The standard InChI is InChI=1S/C15H15FO/c1-2-13-7-3-4-9-15(13)17-11-12-6-5-8-14(16)10-12/h3-10H,2,11H2,1H3. The lowest BCUT2D eigenvalue weighted by Crippen LogP contribution is -1.98. The van der Waals surface area contributed by atoms with Gasteiger partial charge in [-0.3, -0.25) is 0 Å². The van der Waals surface area contributed by atoms with Gasteiger partial charge in [0, 0.05) is 0 Å². The van der Waals surface area contributed by atoms with Crippen LogP contribution < -0.4 is 4.74 Å². The number of halogens is 1. The normalized spacial score (nSPS) is 10.2. The van der Waals surface area contributed by atoms with Crippen LogP contribution in [0.5, 0.6) is 5.75 Å². The smallest absolute Gasteiger partial charge is 0.123 e. The van der Waals surface area contributed by atoms with Crippen LogP contribution in [0.1, 0.15) is 18.1 Å². The molecular weight excluding hydrogens is 215 g/mol. The van der Waals surface area contributed by atoms with E-state index in [4.69, 9.17) is 4.74 Å². The van der Waals surface area contributed by atoms with E-state index in [9.17, 15) is 4.39 Å². The monoisotopic (exact) mass is 230 g/mol. The maximum Gasteiger partial charge on any atom is 0.123 e. The Labute approximate surface area is 101 Å². The third-order valence-corrected chi connectivity index (χ3v) is 2.64. The molecule has 2 aromatic carbocycles. The minimum Gasteiger partial charge on any atom is -0.489 e. The molecule has 0 atom stereocenters. The summed E-state index contributed by atoms with van der Waals surface area (Å²) in [5.41, 5.74) is 2.01. The highest BCUT2D eigenvalue weighted by molar-refractivity contribution is 5.33. The van der Waals surface area contributed by atoms with E-state index in [1.807, 2.05) is 30.3 Å². The van der Waals surface area contributed by atoms with Crippen LogP contribution in [0.4, 0.5) is 4.39 Å². The number of para-hydroxylation sites is 1. The summed E-state index contributed by atoms with van der Waals surface area (Å²) >= 11 is 0. The van der Waals surface area contributed by atoms with Crippen molar-refractivity contribution in [2.45, 2.75) is 20.0 Å². The van der Waals surface area contributed by atoms with Crippen LogP contribution in [0.15, 0.2) is 48.5 Å². The van der Waals surface area contributed by atoms with E-state index >= 15 is 0 Å². The lowest BCUT2D eigenvalue weighted by Gasteiger charge is -2.10. The summed E-state index contributed by atoms with van der Waals surface area (Å²) in [4.78, 5) is 0. The molecule has 0 fully saturated rings. The Balaban J connectivity index is 2.07. The summed E-state index contributed by atoms with van der Waals surface area (Å²) < 4.78 is 18.7. The summed E-state index contributed by atoms with van der Waals surface area (Å²) in [7, 11) is 0. The van der Waals surface area contributed by atoms with E-state index in [0.717, 1.165) is 17.7 Å². The van der Waals surface area contributed by atoms with Gasteiger partial charge in [0.1, 0.15) is 18.2 Å². The Morgan fingerprint density at radius 1 is 1.06 bits per heavy atom. The maximum atomic E-state index is 13.0. The largest absolute Gasteiger partial charge is 0.489 e. The fourth-order valence-electron chi connectivity index (χ4n) is 1.72. The van der Waals surface area contributed by atoms with E-state index in [0.29, 0.717) is 6.61 Å². The molecule has 0 saturated heterocycles. The highest BCUT2D eigenvalue weighted by Gasteiger charge is 2.01. The van der Waals surface area contributed by atoms with Crippen LogP contribution in [0.25, 0.3) is 0 Å². The molecule has 17 heavy (non-hydrogen) atoms. The second-order valence-corrected chi connectivity index (χ2v) is 3.88. The predicted molar refractivity (Wildman–Crippen MR) is 66.6 cm³/mol. The molecular formula is C15H15FO. The zero-order valence-electron chi connectivity index (χ0n) is 9.82. The molecule has 2 heteroatoms. The maximum absolute atomic E-state index is 13.0. The van der Waals surface area contributed by atoms with E-state index < -0.39 is 0 Å². The van der Waals surface area contributed by atoms with Gasteiger partial charge in [-0.15, -0.1) is 0 Å². The molecule has 0 saturated carbocycles. The molecule has 0 N–H and O–H groups in total. The molecule has 0 aliphatic carbocycles. The summed E-state index contributed by atoms with van der Waals surface area (Å²) in [5.74, 6) is 0.647. The first-order valence-corrected chi connectivity index (χ1v) is 5.74. The highest BCUT2D eigenvalue weighted by atomic mass is 19.1. The molecule has 0 amide bonds. The van der Waals surface area contributed by atoms with Gasteiger partial charge < -0.3 is 4.74 Å². The van der Waals surface area contributed by atoms with Crippen LogP contribution in [0.3, 0.4) is 0 Å². The van der Waals surface area contributed by atoms with Gasteiger partial charge in [-0.1, -0.05) is 37.3 Å². The molecule has 0 unspecified atom stereocenters. The molecule has 0 radical (unpaired) electrons. The Hall–Kier alpha value is -1.83. The summed E-state index contributed by atoms with van der Waals surface area (Å²) in [6, 6.07) is 14.4. The molecule has 1 nitrogen and oxygen atoms in total. The lowest BCUT2D eigenvalue weighted by molar-refractivity contribution is 0.302. The van der Waals surface area contributed by atoms with Gasteiger partial charge in [0.25, 0.3) is 0 Å². The first-order chi connectivity index (χ1) is 8.29. The number of hydrogen-bond donors (Lipinski definition) is 0. The number of aryl methyl sites for hydroxylation is 1. The molecule has 0 aliphatic rings. The molecule has 0 aliphatic heterocycles. The average molecular weight is 230 g/mol.